The van der Waals surface area contributed by atoms with Crippen molar-refractivity contribution in [3.63, 3.8) is 0 Å². The van der Waals surface area contributed by atoms with E-state index in [2.05, 4.69) is 18.7 Å². The molecule has 0 saturated carbocycles. The van der Waals surface area contributed by atoms with Crippen molar-refractivity contribution in [2.45, 2.75) is 51.4 Å². The lowest BCUT2D eigenvalue weighted by Gasteiger charge is -2.43. The van der Waals surface area contributed by atoms with Crippen LogP contribution in [0.5, 0.6) is 0 Å². The third-order valence-corrected chi connectivity index (χ3v) is 4.16. The lowest BCUT2D eigenvalue weighted by molar-refractivity contribution is -0.0546. The zero-order chi connectivity index (χ0) is 13.1. The van der Waals surface area contributed by atoms with Gasteiger partial charge in [-0.1, -0.05) is 13.8 Å². The number of piperidine rings is 1. The fraction of sp³-hybridized carbons (Fsp3) is 1.00. The summed E-state index contributed by atoms with van der Waals surface area (Å²) < 4.78 is 5.40. The number of hydrogen-bond donors (Lipinski definition) is 2. The first kappa shape index (κ1) is 14.9. The van der Waals surface area contributed by atoms with Gasteiger partial charge in [-0.3, -0.25) is 4.90 Å². The summed E-state index contributed by atoms with van der Waals surface area (Å²) in [7, 11) is 1.76. The molecule has 0 aromatic rings. The van der Waals surface area contributed by atoms with Gasteiger partial charge in [0, 0.05) is 32.8 Å². The van der Waals surface area contributed by atoms with E-state index in [1.54, 1.807) is 7.11 Å². The van der Waals surface area contributed by atoms with E-state index in [0.29, 0.717) is 25.2 Å². The Balaban J connectivity index is 2.58. The normalized spacial score (nSPS) is 30.5. The van der Waals surface area contributed by atoms with E-state index in [-0.39, 0.29) is 5.92 Å². The maximum absolute atomic E-state index is 10.4. The highest BCUT2D eigenvalue weighted by molar-refractivity contribution is 4.88. The lowest BCUT2D eigenvalue weighted by Crippen LogP contribution is -2.54. The van der Waals surface area contributed by atoms with Gasteiger partial charge in [0.2, 0.25) is 0 Å². The second-order valence-electron chi connectivity index (χ2n) is 5.75. The molecular formula is C13H28N2O2. The number of hydrogen-bond acceptors (Lipinski definition) is 4. The molecule has 17 heavy (non-hydrogen) atoms. The van der Waals surface area contributed by atoms with Crippen molar-refractivity contribution < 1.29 is 9.84 Å². The number of ether oxygens (including phenoxy) is 1. The van der Waals surface area contributed by atoms with E-state index in [1.165, 1.54) is 0 Å². The van der Waals surface area contributed by atoms with Crippen LogP contribution in [0, 0.1) is 5.92 Å². The van der Waals surface area contributed by atoms with Gasteiger partial charge >= 0.3 is 0 Å². The summed E-state index contributed by atoms with van der Waals surface area (Å²) in [4.78, 5) is 2.32. The Morgan fingerprint density at radius 2 is 2.18 bits per heavy atom. The minimum atomic E-state index is -0.646. The zero-order valence-corrected chi connectivity index (χ0v) is 11.6. The van der Waals surface area contributed by atoms with Crippen LogP contribution < -0.4 is 5.73 Å². The Labute approximate surface area is 105 Å². The molecule has 0 aromatic heterocycles. The van der Waals surface area contributed by atoms with Crippen LogP contribution in [-0.2, 0) is 4.74 Å². The van der Waals surface area contributed by atoms with Gasteiger partial charge in [0.15, 0.2) is 0 Å². The SMILES string of the molecule is COC1CCN(CC(C)(O)C(C)C)C(CN)C1. The first-order chi connectivity index (χ1) is 7.90. The molecule has 3 N–H and O–H groups in total. The number of likely N-dealkylation sites (tertiary alicyclic amines) is 1. The Hall–Kier alpha value is -0.160. The van der Waals surface area contributed by atoms with Crippen molar-refractivity contribution in [3.8, 4) is 0 Å². The Kier molecular flexibility index (Phi) is 5.38. The summed E-state index contributed by atoms with van der Waals surface area (Å²) in [5, 5.41) is 10.4. The molecule has 4 nitrogen and oxygen atoms in total. The van der Waals surface area contributed by atoms with Gasteiger partial charge in [-0.05, 0) is 25.7 Å². The molecule has 1 heterocycles. The Morgan fingerprint density at radius 1 is 1.53 bits per heavy atom. The molecule has 0 aliphatic carbocycles. The molecule has 1 fully saturated rings. The standard InChI is InChI=1S/C13H28N2O2/c1-10(2)13(3,16)9-15-6-5-12(17-4)7-11(15)8-14/h10-12,16H,5-9,14H2,1-4H3. The van der Waals surface area contributed by atoms with E-state index in [4.69, 9.17) is 10.5 Å². The first-order valence-electron chi connectivity index (χ1n) is 6.60. The zero-order valence-electron chi connectivity index (χ0n) is 11.6. The maximum atomic E-state index is 10.4. The van der Waals surface area contributed by atoms with E-state index < -0.39 is 5.60 Å². The molecule has 0 spiro atoms. The number of methoxy groups -OCH3 is 1. The molecule has 1 saturated heterocycles. The van der Waals surface area contributed by atoms with E-state index in [0.717, 1.165) is 19.4 Å². The van der Waals surface area contributed by atoms with Crippen molar-refractivity contribution in [1.29, 1.82) is 0 Å². The summed E-state index contributed by atoms with van der Waals surface area (Å²) >= 11 is 0. The van der Waals surface area contributed by atoms with Crippen LogP contribution in [0.2, 0.25) is 0 Å². The van der Waals surface area contributed by atoms with E-state index in [1.807, 2.05) is 6.92 Å². The van der Waals surface area contributed by atoms with Gasteiger partial charge < -0.3 is 15.6 Å². The van der Waals surface area contributed by atoms with Crippen molar-refractivity contribution in [3.05, 3.63) is 0 Å². The first-order valence-corrected chi connectivity index (χ1v) is 6.60. The largest absolute Gasteiger partial charge is 0.389 e. The Morgan fingerprint density at radius 3 is 2.65 bits per heavy atom. The second-order valence-corrected chi connectivity index (χ2v) is 5.75. The lowest BCUT2D eigenvalue weighted by atomic mass is 9.89. The highest BCUT2D eigenvalue weighted by Gasteiger charge is 2.34. The molecule has 102 valence electrons. The topological polar surface area (TPSA) is 58.7 Å². The average Bonchev–Trinajstić information content (AvgIpc) is 2.29. The van der Waals surface area contributed by atoms with Crippen LogP contribution in [0.4, 0.5) is 0 Å². The molecule has 0 aromatic carbocycles. The predicted molar refractivity (Wildman–Crippen MR) is 69.9 cm³/mol. The Bertz CT molecular complexity index is 231. The quantitative estimate of drug-likeness (QED) is 0.752. The molecule has 0 radical (unpaired) electrons. The van der Waals surface area contributed by atoms with Crippen molar-refractivity contribution in [2.24, 2.45) is 11.7 Å². The van der Waals surface area contributed by atoms with Crippen LogP contribution >= 0.6 is 0 Å². The van der Waals surface area contributed by atoms with Crippen LogP contribution in [0.25, 0.3) is 0 Å². The number of nitrogens with zero attached hydrogens (tertiary/aromatic N) is 1. The number of rotatable bonds is 5. The molecular weight excluding hydrogens is 216 g/mol. The third-order valence-electron chi connectivity index (χ3n) is 4.16. The third kappa shape index (κ3) is 3.91. The number of aliphatic hydroxyl groups is 1. The molecule has 1 rings (SSSR count). The van der Waals surface area contributed by atoms with Crippen molar-refractivity contribution >= 4 is 0 Å². The van der Waals surface area contributed by atoms with Gasteiger partial charge in [0.1, 0.15) is 0 Å². The van der Waals surface area contributed by atoms with Crippen LogP contribution in [-0.4, -0.2) is 54.5 Å². The smallest absolute Gasteiger partial charge is 0.0768 e. The van der Waals surface area contributed by atoms with Gasteiger partial charge in [-0.2, -0.15) is 0 Å². The summed E-state index contributed by atoms with van der Waals surface area (Å²) in [6, 6.07) is 0.332. The highest BCUT2D eigenvalue weighted by Crippen LogP contribution is 2.24. The van der Waals surface area contributed by atoms with Gasteiger partial charge in [0.05, 0.1) is 11.7 Å². The minimum Gasteiger partial charge on any atom is -0.389 e. The van der Waals surface area contributed by atoms with E-state index >= 15 is 0 Å². The monoisotopic (exact) mass is 244 g/mol. The number of nitrogens with two attached hydrogens (primary N) is 1. The van der Waals surface area contributed by atoms with Crippen molar-refractivity contribution in [2.75, 3.05) is 26.7 Å². The molecule has 1 aliphatic heterocycles. The molecule has 3 atom stereocenters. The van der Waals surface area contributed by atoms with Crippen LogP contribution in [0.15, 0.2) is 0 Å². The molecule has 1 aliphatic rings. The summed E-state index contributed by atoms with van der Waals surface area (Å²) in [5.41, 5.74) is 5.18. The summed E-state index contributed by atoms with van der Waals surface area (Å²) in [5.74, 6) is 0.251. The molecule has 0 amide bonds. The van der Waals surface area contributed by atoms with Crippen LogP contribution in [0.3, 0.4) is 0 Å². The van der Waals surface area contributed by atoms with E-state index in [9.17, 15) is 5.11 Å². The fourth-order valence-electron chi connectivity index (χ4n) is 2.32. The minimum absolute atomic E-state index is 0.251. The summed E-state index contributed by atoms with van der Waals surface area (Å²) in [6.45, 7) is 8.31. The maximum Gasteiger partial charge on any atom is 0.0768 e. The highest BCUT2D eigenvalue weighted by atomic mass is 16.5. The number of β-amino-alcohol motifs (C(OH)–C–C–N with tert-alkyl or cyclic N) is 1. The van der Waals surface area contributed by atoms with Gasteiger partial charge in [-0.15, -0.1) is 0 Å². The van der Waals surface area contributed by atoms with Gasteiger partial charge in [0.25, 0.3) is 0 Å². The summed E-state index contributed by atoms with van der Waals surface area (Å²) in [6.07, 6.45) is 2.33. The second kappa shape index (κ2) is 6.14. The molecule has 4 heteroatoms. The van der Waals surface area contributed by atoms with Crippen LogP contribution in [0.1, 0.15) is 33.6 Å². The van der Waals surface area contributed by atoms with Gasteiger partial charge in [-0.25, -0.2) is 0 Å². The van der Waals surface area contributed by atoms with Crippen molar-refractivity contribution in [1.82, 2.24) is 4.90 Å². The molecule has 0 bridgehead atoms. The molecule has 3 unspecified atom stereocenters. The predicted octanol–water partition coefficient (Wildman–Crippen LogP) is 0.832. The fourth-order valence-corrected chi connectivity index (χ4v) is 2.32. The average molecular weight is 244 g/mol.